The summed E-state index contributed by atoms with van der Waals surface area (Å²) in [7, 11) is 7.06. The predicted octanol–water partition coefficient (Wildman–Crippen LogP) is 1.14. The summed E-state index contributed by atoms with van der Waals surface area (Å²) in [5, 5.41) is 0.544. The SMILES string of the molecule is [B]c1cccc(Cl)c1OC. The van der Waals surface area contributed by atoms with Crippen LogP contribution >= 0.6 is 11.6 Å². The molecular weight excluding hydrogens is 146 g/mol. The molecular formula is C7H6BClO. The van der Waals surface area contributed by atoms with Gasteiger partial charge in [0.1, 0.15) is 13.6 Å². The van der Waals surface area contributed by atoms with Crippen molar-refractivity contribution in [2.24, 2.45) is 0 Å². The summed E-state index contributed by atoms with van der Waals surface area (Å²) in [6.45, 7) is 0. The summed E-state index contributed by atoms with van der Waals surface area (Å²) in [5.41, 5.74) is 0.565. The van der Waals surface area contributed by atoms with E-state index in [0.717, 1.165) is 0 Å². The van der Waals surface area contributed by atoms with Crippen LogP contribution in [-0.4, -0.2) is 15.0 Å². The zero-order valence-electron chi connectivity index (χ0n) is 5.60. The van der Waals surface area contributed by atoms with Crippen molar-refractivity contribution in [1.82, 2.24) is 0 Å². The molecule has 0 aliphatic carbocycles. The molecule has 0 bridgehead atoms. The molecule has 0 atom stereocenters. The molecule has 3 heteroatoms. The van der Waals surface area contributed by atoms with E-state index in [1.165, 1.54) is 7.11 Å². The summed E-state index contributed by atoms with van der Waals surface area (Å²) in [5.74, 6) is 0.546. The fourth-order valence-electron chi connectivity index (χ4n) is 0.741. The number of ether oxygens (including phenoxy) is 1. The van der Waals surface area contributed by atoms with Crippen molar-refractivity contribution in [2.75, 3.05) is 7.11 Å². The van der Waals surface area contributed by atoms with Crippen LogP contribution in [0.5, 0.6) is 5.75 Å². The van der Waals surface area contributed by atoms with Crippen LogP contribution in [0.2, 0.25) is 5.02 Å². The Bertz CT molecular complexity index is 217. The third-order valence-corrected chi connectivity index (χ3v) is 1.50. The molecule has 1 rings (SSSR count). The second-order valence-corrected chi connectivity index (χ2v) is 2.27. The minimum atomic E-state index is 0.544. The van der Waals surface area contributed by atoms with Gasteiger partial charge >= 0.3 is 0 Å². The molecule has 0 heterocycles. The van der Waals surface area contributed by atoms with Crippen LogP contribution in [0.1, 0.15) is 0 Å². The van der Waals surface area contributed by atoms with Gasteiger partial charge in [-0.3, -0.25) is 0 Å². The number of para-hydroxylation sites is 1. The van der Waals surface area contributed by atoms with Crippen molar-refractivity contribution in [3.8, 4) is 5.75 Å². The molecule has 10 heavy (non-hydrogen) atoms. The van der Waals surface area contributed by atoms with Crippen LogP contribution in [0.15, 0.2) is 18.2 Å². The largest absolute Gasteiger partial charge is 0.496 e. The van der Waals surface area contributed by atoms with Crippen molar-refractivity contribution in [3.05, 3.63) is 23.2 Å². The number of halogens is 1. The van der Waals surface area contributed by atoms with Crippen LogP contribution in [0.4, 0.5) is 0 Å². The van der Waals surface area contributed by atoms with Crippen LogP contribution < -0.4 is 10.2 Å². The van der Waals surface area contributed by atoms with E-state index in [2.05, 4.69) is 0 Å². The first-order valence-electron chi connectivity index (χ1n) is 2.83. The standard InChI is InChI=1S/C7H6BClO/c1-10-7-5(8)3-2-4-6(7)9/h2-4H,1H3. The first-order valence-corrected chi connectivity index (χ1v) is 3.21. The molecule has 0 aliphatic rings. The summed E-state index contributed by atoms with van der Waals surface area (Å²) in [6, 6.07) is 5.25. The minimum absolute atomic E-state index is 0.544. The lowest BCUT2D eigenvalue weighted by molar-refractivity contribution is 0.418. The second-order valence-electron chi connectivity index (χ2n) is 1.86. The first kappa shape index (κ1) is 7.48. The lowest BCUT2D eigenvalue weighted by Gasteiger charge is -2.04. The Kier molecular flexibility index (Phi) is 2.23. The van der Waals surface area contributed by atoms with Gasteiger partial charge in [0.15, 0.2) is 0 Å². The van der Waals surface area contributed by atoms with E-state index in [9.17, 15) is 0 Å². The van der Waals surface area contributed by atoms with Gasteiger partial charge in [-0.25, -0.2) is 0 Å². The van der Waals surface area contributed by atoms with E-state index in [4.69, 9.17) is 24.2 Å². The van der Waals surface area contributed by atoms with Crippen molar-refractivity contribution in [1.29, 1.82) is 0 Å². The number of methoxy groups -OCH3 is 1. The zero-order chi connectivity index (χ0) is 7.56. The molecule has 50 valence electrons. The minimum Gasteiger partial charge on any atom is -0.496 e. The Hall–Kier alpha value is -0.625. The predicted molar refractivity (Wildman–Crippen MR) is 43.4 cm³/mol. The van der Waals surface area contributed by atoms with Gasteiger partial charge in [0.25, 0.3) is 0 Å². The van der Waals surface area contributed by atoms with Gasteiger partial charge in [0, 0.05) is 0 Å². The average molecular weight is 152 g/mol. The Labute approximate surface area is 66.4 Å². The van der Waals surface area contributed by atoms with E-state index in [-0.39, 0.29) is 0 Å². The number of rotatable bonds is 1. The van der Waals surface area contributed by atoms with Crippen LogP contribution in [0, 0.1) is 0 Å². The Morgan fingerprint density at radius 2 is 2.20 bits per heavy atom. The van der Waals surface area contributed by atoms with E-state index in [1.54, 1.807) is 18.2 Å². The van der Waals surface area contributed by atoms with Crippen molar-refractivity contribution < 1.29 is 4.74 Å². The third kappa shape index (κ3) is 1.27. The van der Waals surface area contributed by atoms with Gasteiger partial charge in [-0.2, -0.15) is 0 Å². The normalized spacial score (nSPS) is 9.40. The van der Waals surface area contributed by atoms with Gasteiger partial charge in [-0.1, -0.05) is 29.2 Å². The zero-order valence-corrected chi connectivity index (χ0v) is 6.35. The summed E-state index contributed by atoms with van der Waals surface area (Å²) in [6.07, 6.45) is 0. The smallest absolute Gasteiger partial charge is 0.130 e. The molecule has 0 spiro atoms. The van der Waals surface area contributed by atoms with E-state index in [1.807, 2.05) is 0 Å². The highest BCUT2D eigenvalue weighted by molar-refractivity contribution is 6.39. The van der Waals surface area contributed by atoms with Gasteiger partial charge in [-0.05, 0) is 6.07 Å². The molecule has 1 nitrogen and oxygen atoms in total. The van der Waals surface area contributed by atoms with Gasteiger partial charge < -0.3 is 4.74 Å². The average Bonchev–Trinajstić information content (AvgIpc) is 1.88. The van der Waals surface area contributed by atoms with E-state index >= 15 is 0 Å². The maximum Gasteiger partial charge on any atom is 0.130 e. The van der Waals surface area contributed by atoms with E-state index in [0.29, 0.717) is 16.2 Å². The van der Waals surface area contributed by atoms with Crippen molar-refractivity contribution >= 4 is 24.9 Å². The number of hydrogen-bond acceptors (Lipinski definition) is 1. The number of hydrogen-bond donors (Lipinski definition) is 0. The maximum absolute atomic E-state index is 5.72. The Morgan fingerprint density at radius 3 is 2.60 bits per heavy atom. The molecule has 1 aromatic rings. The quantitative estimate of drug-likeness (QED) is 0.549. The topological polar surface area (TPSA) is 9.23 Å². The third-order valence-electron chi connectivity index (χ3n) is 1.20. The van der Waals surface area contributed by atoms with Crippen molar-refractivity contribution in [2.45, 2.75) is 0 Å². The lowest BCUT2D eigenvalue weighted by atomic mass is 9.95. The molecule has 1 aromatic carbocycles. The molecule has 2 radical (unpaired) electrons. The molecule has 0 aromatic heterocycles. The van der Waals surface area contributed by atoms with Crippen molar-refractivity contribution in [3.63, 3.8) is 0 Å². The fourth-order valence-corrected chi connectivity index (χ4v) is 1.000. The summed E-state index contributed by atoms with van der Waals surface area (Å²) < 4.78 is 4.92. The Morgan fingerprint density at radius 1 is 1.50 bits per heavy atom. The van der Waals surface area contributed by atoms with Crippen LogP contribution in [0.3, 0.4) is 0 Å². The van der Waals surface area contributed by atoms with E-state index < -0.39 is 0 Å². The maximum atomic E-state index is 5.72. The fraction of sp³-hybridized carbons (Fsp3) is 0.143. The van der Waals surface area contributed by atoms with Crippen LogP contribution in [0.25, 0.3) is 0 Å². The van der Waals surface area contributed by atoms with Crippen LogP contribution in [-0.2, 0) is 0 Å². The molecule has 0 fully saturated rings. The van der Waals surface area contributed by atoms with Gasteiger partial charge in [0.2, 0.25) is 0 Å². The Balaban J connectivity index is 3.17. The highest BCUT2D eigenvalue weighted by atomic mass is 35.5. The monoisotopic (exact) mass is 152 g/mol. The lowest BCUT2D eigenvalue weighted by Crippen LogP contribution is -2.06. The highest BCUT2D eigenvalue weighted by Gasteiger charge is 2.00. The van der Waals surface area contributed by atoms with Gasteiger partial charge in [0.05, 0.1) is 12.1 Å². The molecule has 0 unspecified atom stereocenters. The summed E-state index contributed by atoms with van der Waals surface area (Å²) >= 11 is 5.72. The molecule has 0 saturated heterocycles. The molecule has 0 N–H and O–H groups in total. The highest BCUT2D eigenvalue weighted by Crippen LogP contribution is 2.19. The first-order chi connectivity index (χ1) is 4.75. The molecule has 0 amide bonds. The second kappa shape index (κ2) is 2.97. The summed E-state index contributed by atoms with van der Waals surface area (Å²) in [4.78, 5) is 0. The molecule has 0 saturated carbocycles. The van der Waals surface area contributed by atoms with Gasteiger partial charge in [-0.15, -0.1) is 0 Å². The number of benzene rings is 1. The molecule has 0 aliphatic heterocycles.